The van der Waals surface area contributed by atoms with Crippen LogP contribution in [-0.4, -0.2) is 24.4 Å². The van der Waals surface area contributed by atoms with E-state index in [2.05, 4.69) is 22.6 Å². The minimum absolute atomic E-state index is 0.141. The maximum absolute atomic E-state index is 6.06. The van der Waals surface area contributed by atoms with Gasteiger partial charge in [-0.15, -0.1) is 0 Å². The number of nitrogens with one attached hydrogen (secondary N) is 1. The van der Waals surface area contributed by atoms with E-state index in [0.717, 1.165) is 25.3 Å². The highest BCUT2D eigenvalue weighted by Gasteiger charge is 2.29. The standard InChI is InChI=1S/C15H18N2O2/c1-2-4-12(5-3-1)11-18-15-10-16-8-6-13(15)14-7-9-17-19-14/h1-5,7,9,13,15-16H,6,8,10-11H2. The zero-order valence-corrected chi connectivity index (χ0v) is 10.8. The minimum Gasteiger partial charge on any atom is -0.371 e. The molecule has 4 nitrogen and oxygen atoms in total. The zero-order chi connectivity index (χ0) is 12.9. The second kappa shape index (κ2) is 5.99. The molecule has 1 saturated heterocycles. The van der Waals surface area contributed by atoms with Crippen LogP contribution in [0.3, 0.4) is 0 Å². The highest BCUT2D eigenvalue weighted by Crippen LogP contribution is 2.27. The maximum Gasteiger partial charge on any atom is 0.142 e. The van der Waals surface area contributed by atoms with E-state index in [-0.39, 0.29) is 6.10 Å². The summed E-state index contributed by atoms with van der Waals surface area (Å²) in [5.41, 5.74) is 1.20. The fourth-order valence-electron chi connectivity index (χ4n) is 2.52. The van der Waals surface area contributed by atoms with Crippen molar-refractivity contribution < 1.29 is 9.26 Å². The lowest BCUT2D eigenvalue weighted by molar-refractivity contribution is 0.00462. The molecule has 0 bridgehead atoms. The van der Waals surface area contributed by atoms with Crippen molar-refractivity contribution in [3.05, 3.63) is 53.9 Å². The highest BCUT2D eigenvalue weighted by molar-refractivity contribution is 5.14. The molecule has 1 aliphatic heterocycles. The summed E-state index contributed by atoms with van der Waals surface area (Å²) in [5, 5.41) is 7.18. The van der Waals surface area contributed by atoms with E-state index in [9.17, 15) is 0 Å². The lowest BCUT2D eigenvalue weighted by Crippen LogP contribution is -2.40. The van der Waals surface area contributed by atoms with Crippen molar-refractivity contribution in [2.24, 2.45) is 0 Å². The molecule has 0 amide bonds. The Bertz CT molecular complexity index is 484. The van der Waals surface area contributed by atoms with Gasteiger partial charge in [0, 0.05) is 18.5 Å². The first kappa shape index (κ1) is 12.4. The SMILES string of the molecule is c1ccc(COC2CNCCC2c2ccno2)cc1. The molecule has 100 valence electrons. The molecule has 1 aliphatic rings. The molecule has 0 aliphatic carbocycles. The van der Waals surface area contributed by atoms with Gasteiger partial charge in [0.25, 0.3) is 0 Å². The van der Waals surface area contributed by atoms with Crippen LogP contribution in [0.15, 0.2) is 47.1 Å². The van der Waals surface area contributed by atoms with Gasteiger partial charge in [0.15, 0.2) is 0 Å². The number of piperidine rings is 1. The molecule has 3 rings (SSSR count). The van der Waals surface area contributed by atoms with Gasteiger partial charge >= 0.3 is 0 Å². The van der Waals surface area contributed by atoms with Gasteiger partial charge in [-0.2, -0.15) is 0 Å². The van der Waals surface area contributed by atoms with E-state index in [1.165, 1.54) is 5.56 Å². The van der Waals surface area contributed by atoms with Crippen molar-refractivity contribution in [3.63, 3.8) is 0 Å². The summed E-state index contributed by atoms with van der Waals surface area (Å²) >= 11 is 0. The van der Waals surface area contributed by atoms with E-state index in [4.69, 9.17) is 9.26 Å². The van der Waals surface area contributed by atoms with Crippen molar-refractivity contribution in [1.82, 2.24) is 10.5 Å². The average molecular weight is 258 g/mol. The van der Waals surface area contributed by atoms with Crippen molar-refractivity contribution in [3.8, 4) is 0 Å². The van der Waals surface area contributed by atoms with Crippen LogP contribution in [0, 0.1) is 0 Å². The molecule has 0 radical (unpaired) electrons. The van der Waals surface area contributed by atoms with Crippen LogP contribution in [0.25, 0.3) is 0 Å². The van der Waals surface area contributed by atoms with Crippen LogP contribution in [0.5, 0.6) is 0 Å². The van der Waals surface area contributed by atoms with Gasteiger partial charge in [0.2, 0.25) is 0 Å². The van der Waals surface area contributed by atoms with Gasteiger partial charge in [-0.1, -0.05) is 35.5 Å². The van der Waals surface area contributed by atoms with Crippen LogP contribution in [0.1, 0.15) is 23.7 Å². The average Bonchev–Trinajstić information content (AvgIpc) is 3.01. The highest BCUT2D eigenvalue weighted by atomic mass is 16.5. The third kappa shape index (κ3) is 3.03. The lowest BCUT2D eigenvalue weighted by atomic mass is 9.92. The molecular weight excluding hydrogens is 240 g/mol. The van der Waals surface area contributed by atoms with Gasteiger partial charge in [0.1, 0.15) is 5.76 Å². The lowest BCUT2D eigenvalue weighted by Gasteiger charge is -2.30. The number of hydrogen-bond acceptors (Lipinski definition) is 4. The van der Waals surface area contributed by atoms with Crippen molar-refractivity contribution in [2.75, 3.05) is 13.1 Å². The summed E-state index contributed by atoms with van der Waals surface area (Å²) < 4.78 is 11.4. The number of nitrogens with zero attached hydrogens (tertiary/aromatic N) is 1. The van der Waals surface area contributed by atoms with E-state index < -0.39 is 0 Å². The van der Waals surface area contributed by atoms with Crippen LogP contribution in [0.2, 0.25) is 0 Å². The minimum atomic E-state index is 0.141. The first-order valence-corrected chi connectivity index (χ1v) is 6.70. The number of rotatable bonds is 4. The fraction of sp³-hybridized carbons (Fsp3) is 0.400. The summed E-state index contributed by atoms with van der Waals surface area (Å²) in [7, 11) is 0. The number of aromatic nitrogens is 1. The summed E-state index contributed by atoms with van der Waals surface area (Å²) in [4.78, 5) is 0. The van der Waals surface area contributed by atoms with E-state index in [1.807, 2.05) is 24.3 Å². The predicted octanol–water partition coefficient (Wildman–Crippen LogP) is 2.34. The third-order valence-electron chi connectivity index (χ3n) is 3.56. The predicted molar refractivity (Wildman–Crippen MR) is 71.7 cm³/mol. The monoisotopic (exact) mass is 258 g/mol. The molecule has 0 spiro atoms. The number of ether oxygens (including phenoxy) is 1. The van der Waals surface area contributed by atoms with E-state index >= 15 is 0 Å². The molecule has 1 aromatic heterocycles. The molecule has 1 aromatic carbocycles. The van der Waals surface area contributed by atoms with Crippen LogP contribution in [-0.2, 0) is 11.3 Å². The molecule has 4 heteroatoms. The molecule has 2 atom stereocenters. The molecule has 1 fully saturated rings. The summed E-state index contributed by atoms with van der Waals surface area (Å²) in [5.74, 6) is 1.23. The molecule has 2 unspecified atom stereocenters. The normalized spacial score (nSPS) is 23.4. The third-order valence-corrected chi connectivity index (χ3v) is 3.56. The summed E-state index contributed by atoms with van der Waals surface area (Å²) in [6.07, 6.45) is 2.86. The first-order chi connectivity index (χ1) is 9.43. The van der Waals surface area contributed by atoms with Gasteiger partial charge in [-0.3, -0.25) is 0 Å². The second-order valence-electron chi connectivity index (χ2n) is 4.85. The topological polar surface area (TPSA) is 47.3 Å². The molecular formula is C15H18N2O2. The van der Waals surface area contributed by atoms with Gasteiger partial charge < -0.3 is 14.6 Å². The molecule has 1 N–H and O–H groups in total. The molecule has 0 saturated carbocycles. The maximum atomic E-state index is 6.06. The molecule has 2 heterocycles. The van der Waals surface area contributed by atoms with E-state index in [1.54, 1.807) is 6.20 Å². The Morgan fingerprint density at radius 1 is 1.26 bits per heavy atom. The van der Waals surface area contributed by atoms with E-state index in [0.29, 0.717) is 12.5 Å². The van der Waals surface area contributed by atoms with Crippen molar-refractivity contribution >= 4 is 0 Å². The van der Waals surface area contributed by atoms with Crippen molar-refractivity contribution in [2.45, 2.75) is 25.0 Å². The zero-order valence-electron chi connectivity index (χ0n) is 10.8. The Balaban J connectivity index is 1.64. The number of benzene rings is 1. The Labute approximate surface area is 112 Å². The Morgan fingerprint density at radius 2 is 2.16 bits per heavy atom. The Hall–Kier alpha value is -1.65. The van der Waals surface area contributed by atoms with Gasteiger partial charge in [-0.05, 0) is 18.5 Å². The second-order valence-corrected chi connectivity index (χ2v) is 4.85. The smallest absolute Gasteiger partial charge is 0.142 e. The van der Waals surface area contributed by atoms with Crippen LogP contribution in [0.4, 0.5) is 0 Å². The molecule has 2 aromatic rings. The van der Waals surface area contributed by atoms with Crippen LogP contribution < -0.4 is 5.32 Å². The Kier molecular flexibility index (Phi) is 3.91. The Morgan fingerprint density at radius 3 is 2.95 bits per heavy atom. The largest absolute Gasteiger partial charge is 0.371 e. The van der Waals surface area contributed by atoms with Crippen molar-refractivity contribution in [1.29, 1.82) is 0 Å². The quantitative estimate of drug-likeness (QED) is 0.914. The molecule has 19 heavy (non-hydrogen) atoms. The summed E-state index contributed by atoms with van der Waals surface area (Å²) in [6.45, 7) is 2.49. The van der Waals surface area contributed by atoms with Crippen LogP contribution >= 0.6 is 0 Å². The van der Waals surface area contributed by atoms with Gasteiger partial charge in [0.05, 0.1) is 18.9 Å². The fourth-order valence-corrected chi connectivity index (χ4v) is 2.52. The number of hydrogen-bond donors (Lipinski definition) is 1. The van der Waals surface area contributed by atoms with Gasteiger partial charge in [-0.25, -0.2) is 0 Å². The first-order valence-electron chi connectivity index (χ1n) is 6.70. The summed E-state index contributed by atoms with van der Waals surface area (Å²) in [6, 6.07) is 12.2.